The quantitative estimate of drug-likeness (QED) is 0.753. The minimum absolute atomic E-state index is 0.151. The zero-order valence-electron chi connectivity index (χ0n) is 10.8. The van der Waals surface area contributed by atoms with Gasteiger partial charge in [-0.05, 0) is 43.3 Å². The smallest absolute Gasteiger partial charge is 0.129 e. The predicted molar refractivity (Wildman–Crippen MR) is 86.1 cm³/mol. The molecule has 0 aliphatic rings. The summed E-state index contributed by atoms with van der Waals surface area (Å²) in [6, 6.07) is 10.3. The van der Waals surface area contributed by atoms with E-state index in [1.54, 1.807) is 25.2 Å². The average Bonchev–Trinajstić information content (AvgIpc) is 2.39. The molecule has 5 heteroatoms. The van der Waals surface area contributed by atoms with Gasteiger partial charge in [0.25, 0.3) is 0 Å². The minimum atomic E-state index is -0.246. The zero-order valence-corrected chi connectivity index (χ0v) is 13.9. The molecule has 0 aromatic heterocycles. The summed E-state index contributed by atoms with van der Waals surface area (Å²) in [4.78, 5) is 0. The van der Waals surface area contributed by atoms with Gasteiger partial charge in [0.1, 0.15) is 5.82 Å². The number of rotatable bonds is 4. The molecule has 20 heavy (non-hydrogen) atoms. The Labute approximate surface area is 136 Å². The van der Waals surface area contributed by atoms with E-state index in [0.29, 0.717) is 22.0 Å². The van der Waals surface area contributed by atoms with Gasteiger partial charge in [0.15, 0.2) is 0 Å². The van der Waals surface area contributed by atoms with Crippen LogP contribution in [0, 0.1) is 5.82 Å². The molecule has 0 radical (unpaired) electrons. The minimum Gasteiger partial charge on any atom is -0.313 e. The summed E-state index contributed by atoms with van der Waals surface area (Å²) < 4.78 is 14.8. The second-order valence-corrected chi connectivity index (χ2v) is 6.21. The van der Waals surface area contributed by atoms with Crippen LogP contribution in [0.3, 0.4) is 0 Å². The summed E-state index contributed by atoms with van der Waals surface area (Å²) in [5.74, 6) is -0.246. The van der Waals surface area contributed by atoms with E-state index in [1.807, 2.05) is 12.1 Å². The Balaban J connectivity index is 2.28. The monoisotopic (exact) mass is 375 g/mol. The number of nitrogens with one attached hydrogen (secondary N) is 1. The van der Waals surface area contributed by atoms with Crippen LogP contribution in [0.2, 0.25) is 10.0 Å². The third-order valence-electron chi connectivity index (χ3n) is 3.13. The predicted octanol–water partition coefficient (Wildman–Crippen LogP) is 5.40. The molecule has 0 spiro atoms. The molecule has 0 saturated carbocycles. The number of hydrogen-bond donors (Lipinski definition) is 1. The van der Waals surface area contributed by atoms with Crippen molar-refractivity contribution < 1.29 is 4.39 Å². The first kappa shape index (κ1) is 15.8. The Morgan fingerprint density at radius 1 is 1.20 bits per heavy atom. The van der Waals surface area contributed by atoms with Crippen molar-refractivity contribution >= 4 is 39.1 Å². The fourth-order valence-corrected chi connectivity index (χ4v) is 2.88. The van der Waals surface area contributed by atoms with Gasteiger partial charge < -0.3 is 5.32 Å². The van der Waals surface area contributed by atoms with Gasteiger partial charge in [-0.1, -0.05) is 51.3 Å². The van der Waals surface area contributed by atoms with Gasteiger partial charge in [0.05, 0.1) is 0 Å². The van der Waals surface area contributed by atoms with Gasteiger partial charge >= 0.3 is 0 Å². The average molecular weight is 377 g/mol. The maximum absolute atomic E-state index is 14.0. The van der Waals surface area contributed by atoms with Crippen molar-refractivity contribution in [3.8, 4) is 0 Å². The Hall–Kier alpha value is -0.610. The SMILES string of the molecule is CNC(Cc1ccc(Cl)cc1Cl)c1ccc(Br)cc1F. The van der Waals surface area contributed by atoms with E-state index in [4.69, 9.17) is 23.2 Å². The van der Waals surface area contributed by atoms with Gasteiger partial charge in [-0.3, -0.25) is 0 Å². The molecular formula is C15H13BrCl2FN. The van der Waals surface area contributed by atoms with Crippen molar-refractivity contribution in [2.45, 2.75) is 12.5 Å². The molecule has 0 saturated heterocycles. The first-order valence-corrected chi connectivity index (χ1v) is 7.62. The fraction of sp³-hybridized carbons (Fsp3) is 0.200. The lowest BCUT2D eigenvalue weighted by atomic mass is 9.98. The van der Waals surface area contributed by atoms with Crippen molar-refractivity contribution in [3.05, 3.63) is 67.9 Å². The van der Waals surface area contributed by atoms with Gasteiger partial charge in [-0.25, -0.2) is 4.39 Å². The summed E-state index contributed by atoms with van der Waals surface area (Å²) in [6.07, 6.45) is 0.588. The second-order valence-electron chi connectivity index (χ2n) is 4.45. The van der Waals surface area contributed by atoms with E-state index < -0.39 is 0 Å². The summed E-state index contributed by atoms with van der Waals surface area (Å²) in [5.41, 5.74) is 1.54. The van der Waals surface area contributed by atoms with Crippen LogP contribution >= 0.6 is 39.1 Å². The molecule has 0 amide bonds. The highest BCUT2D eigenvalue weighted by Gasteiger charge is 2.16. The molecule has 0 aliphatic heterocycles. The van der Waals surface area contributed by atoms with Crippen LogP contribution in [-0.4, -0.2) is 7.05 Å². The van der Waals surface area contributed by atoms with E-state index in [1.165, 1.54) is 6.07 Å². The fourth-order valence-electron chi connectivity index (χ4n) is 2.06. The van der Waals surface area contributed by atoms with E-state index in [9.17, 15) is 4.39 Å². The van der Waals surface area contributed by atoms with Crippen LogP contribution < -0.4 is 5.32 Å². The highest BCUT2D eigenvalue weighted by atomic mass is 79.9. The normalized spacial score (nSPS) is 12.4. The molecule has 1 nitrogen and oxygen atoms in total. The standard InChI is InChI=1S/C15H13BrCl2FN/c1-20-15(12-5-3-10(16)7-14(12)19)6-9-2-4-11(17)8-13(9)18/h2-5,7-8,15,20H,6H2,1H3. The Morgan fingerprint density at radius 2 is 1.95 bits per heavy atom. The topological polar surface area (TPSA) is 12.0 Å². The second kappa shape index (κ2) is 6.90. The van der Waals surface area contributed by atoms with Crippen molar-refractivity contribution in [2.75, 3.05) is 7.05 Å². The van der Waals surface area contributed by atoms with Gasteiger partial charge in [-0.2, -0.15) is 0 Å². The zero-order chi connectivity index (χ0) is 14.7. The van der Waals surface area contributed by atoms with E-state index >= 15 is 0 Å². The largest absolute Gasteiger partial charge is 0.313 e. The number of hydrogen-bond acceptors (Lipinski definition) is 1. The molecule has 1 atom stereocenters. The van der Waals surface area contributed by atoms with Crippen molar-refractivity contribution in [1.29, 1.82) is 0 Å². The molecule has 2 aromatic rings. The van der Waals surface area contributed by atoms with E-state index in [2.05, 4.69) is 21.2 Å². The highest BCUT2D eigenvalue weighted by Crippen LogP contribution is 2.28. The lowest BCUT2D eigenvalue weighted by molar-refractivity contribution is 0.533. The Kier molecular flexibility index (Phi) is 5.44. The molecular weight excluding hydrogens is 364 g/mol. The van der Waals surface area contributed by atoms with Gasteiger partial charge in [0, 0.05) is 26.1 Å². The molecule has 1 N–H and O–H groups in total. The molecule has 0 fully saturated rings. The summed E-state index contributed by atoms with van der Waals surface area (Å²) >= 11 is 15.3. The Morgan fingerprint density at radius 3 is 2.55 bits per heavy atom. The summed E-state index contributed by atoms with van der Waals surface area (Å²) in [5, 5.41) is 4.31. The van der Waals surface area contributed by atoms with E-state index in [0.717, 1.165) is 10.0 Å². The number of benzene rings is 2. The van der Waals surface area contributed by atoms with Crippen LogP contribution in [0.4, 0.5) is 4.39 Å². The van der Waals surface area contributed by atoms with Gasteiger partial charge in [-0.15, -0.1) is 0 Å². The van der Waals surface area contributed by atoms with Crippen LogP contribution in [0.25, 0.3) is 0 Å². The molecule has 0 heterocycles. The maximum atomic E-state index is 14.0. The maximum Gasteiger partial charge on any atom is 0.129 e. The van der Waals surface area contributed by atoms with Crippen molar-refractivity contribution in [3.63, 3.8) is 0 Å². The van der Waals surface area contributed by atoms with Crippen molar-refractivity contribution in [1.82, 2.24) is 5.32 Å². The molecule has 106 valence electrons. The van der Waals surface area contributed by atoms with Gasteiger partial charge in [0.2, 0.25) is 0 Å². The van der Waals surface area contributed by atoms with Crippen LogP contribution in [0.1, 0.15) is 17.2 Å². The summed E-state index contributed by atoms with van der Waals surface area (Å²) in [7, 11) is 1.80. The number of likely N-dealkylation sites (N-methyl/N-ethyl adjacent to an activating group) is 1. The molecule has 2 aromatic carbocycles. The first-order chi connectivity index (χ1) is 9.51. The first-order valence-electron chi connectivity index (χ1n) is 6.07. The molecule has 0 aliphatic carbocycles. The van der Waals surface area contributed by atoms with Crippen molar-refractivity contribution in [2.24, 2.45) is 0 Å². The summed E-state index contributed by atoms with van der Waals surface area (Å²) in [6.45, 7) is 0. The van der Waals surface area contributed by atoms with Crippen LogP contribution in [0.5, 0.6) is 0 Å². The Bertz CT molecular complexity index is 619. The third-order valence-corrected chi connectivity index (χ3v) is 4.21. The lowest BCUT2D eigenvalue weighted by Crippen LogP contribution is -2.20. The molecule has 0 bridgehead atoms. The lowest BCUT2D eigenvalue weighted by Gasteiger charge is -2.18. The molecule has 2 rings (SSSR count). The third kappa shape index (κ3) is 3.73. The van der Waals surface area contributed by atoms with E-state index in [-0.39, 0.29) is 11.9 Å². The van der Waals surface area contributed by atoms with Crippen LogP contribution in [-0.2, 0) is 6.42 Å². The highest BCUT2D eigenvalue weighted by molar-refractivity contribution is 9.10. The van der Waals surface area contributed by atoms with Crippen LogP contribution in [0.15, 0.2) is 40.9 Å². The number of halogens is 4. The molecule has 1 unspecified atom stereocenters.